The summed E-state index contributed by atoms with van der Waals surface area (Å²) in [6, 6.07) is 10.4. The van der Waals surface area contributed by atoms with Gasteiger partial charge in [0.05, 0.1) is 0 Å². The first-order valence-corrected chi connectivity index (χ1v) is 6.25. The molecule has 0 aliphatic carbocycles. The van der Waals surface area contributed by atoms with Gasteiger partial charge in [-0.3, -0.25) is 4.79 Å². The summed E-state index contributed by atoms with van der Waals surface area (Å²) in [5.41, 5.74) is 6.64. The van der Waals surface area contributed by atoms with Crippen LogP contribution >= 0.6 is 0 Å². The van der Waals surface area contributed by atoms with Gasteiger partial charge in [0.1, 0.15) is 0 Å². The van der Waals surface area contributed by atoms with E-state index in [-0.39, 0.29) is 11.9 Å². The third-order valence-electron chi connectivity index (χ3n) is 2.65. The fraction of sp³-hybridized carbons (Fsp3) is 0.500. The minimum Gasteiger partial charge on any atom is -0.353 e. The SMILES string of the molecule is CC(Cc1ccccc1)NC(=O)CCCCN. The van der Waals surface area contributed by atoms with E-state index in [0.29, 0.717) is 13.0 Å². The van der Waals surface area contributed by atoms with Gasteiger partial charge in [0, 0.05) is 12.5 Å². The molecular weight excluding hydrogens is 212 g/mol. The van der Waals surface area contributed by atoms with Gasteiger partial charge in [-0.2, -0.15) is 0 Å². The van der Waals surface area contributed by atoms with Crippen molar-refractivity contribution in [1.29, 1.82) is 0 Å². The van der Waals surface area contributed by atoms with Gasteiger partial charge in [-0.05, 0) is 38.3 Å². The molecule has 0 aliphatic heterocycles. The fourth-order valence-corrected chi connectivity index (χ4v) is 1.80. The van der Waals surface area contributed by atoms with Gasteiger partial charge in [-0.1, -0.05) is 30.3 Å². The van der Waals surface area contributed by atoms with Crippen LogP contribution in [0.15, 0.2) is 30.3 Å². The number of carbonyl (C=O) groups excluding carboxylic acids is 1. The van der Waals surface area contributed by atoms with Crippen molar-refractivity contribution in [2.75, 3.05) is 6.54 Å². The van der Waals surface area contributed by atoms with Gasteiger partial charge in [0.2, 0.25) is 5.91 Å². The first-order valence-electron chi connectivity index (χ1n) is 6.25. The third kappa shape index (κ3) is 6.07. The molecule has 0 aromatic heterocycles. The Labute approximate surface area is 103 Å². The number of nitrogens with two attached hydrogens (primary N) is 1. The summed E-state index contributed by atoms with van der Waals surface area (Å²) >= 11 is 0. The maximum absolute atomic E-state index is 11.6. The molecule has 0 radical (unpaired) electrons. The van der Waals surface area contributed by atoms with Crippen LogP contribution in [0.2, 0.25) is 0 Å². The average Bonchev–Trinajstić information content (AvgIpc) is 2.30. The zero-order valence-electron chi connectivity index (χ0n) is 10.5. The average molecular weight is 234 g/mol. The minimum atomic E-state index is 0.127. The summed E-state index contributed by atoms with van der Waals surface area (Å²) in [6.07, 6.45) is 3.25. The predicted octanol–water partition coefficient (Wildman–Crippen LogP) is 1.86. The Kier molecular flexibility index (Phi) is 6.33. The highest BCUT2D eigenvalue weighted by Crippen LogP contribution is 2.03. The molecule has 1 unspecified atom stereocenters. The number of rotatable bonds is 7. The summed E-state index contributed by atoms with van der Waals surface area (Å²) in [5.74, 6) is 0.127. The summed E-state index contributed by atoms with van der Waals surface area (Å²) < 4.78 is 0. The largest absolute Gasteiger partial charge is 0.353 e. The van der Waals surface area contributed by atoms with E-state index in [1.807, 2.05) is 25.1 Å². The lowest BCUT2D eigenvalue weighted by Gasteiger charge is -2.13. The molecule has 0 bridgehead atoms. The summed E-state index contributed by atoms with van der Waals surface area (Å²) in [5, 5.41) is 3.01. The first kappa shape index (κ1) is 13.7. The van der Waals surface area contributed by atoms with Crippen molar-refractivity contribution < 1.29 is 4.79 Å². The second-order valence-electron chi connectivity index (χ2n) is 4.40. The van der Waals surface area contributed by atoms with Crippen LogP contribution in [-0.2, 0) is 11.2 Å². The van der Waals surface area contributed by atoms with Gasteiger partial charge in [0.25, 0.3) is 0 Å². The van der Waals surface area contributed by atoms with Crippen LogP contribution in [0, 0.1) is 0 Å². The number of carbonyl (C=O) groups is 1. The first-order chi connectivity index (χ1) is 8.22. The fourth-order valence-electron chi connectivity index (χ4n) is 1.80. The molecule has 0 fully saturated rings. The van der Waals surface area contributed by atoms with E-state index in [0.717, 1.165) is 19.3 Å². The molecule has 0 spiro atoms. The number of unbranched alkanes of at least 4 members (excludes halogenated alkanes) is 1. The van der Waals surface area contributed by atoms with E-state index in [2.05, 4.69) is 17.4 Å². The normalized spacial score (nSPS) is 12.1. The Morgan fingerprint density at radius 2 is 2.00 bits per heavy atom. The van der Waals surface area contributed by atoms with Crippen molar-refractivity contribution in [3.8, 4) is 0 Å². The van der Waals surface area contributed by atoms with Crippen LogP contribution in [0.1, 0.15) is 31.7 Å². The lowest BCUT2D eigenvalue weighted by Crippen LogP contribution is -2.33. The van der Waals surface area contributed by atoms with Gasteiger partial charge < -0.3 is 11.1 Å². The van der Waals surface area contributed by atoms with E-state index in [9.17, 15) is 4.79 Å². The smallest absolute Gasteiger partial charge is 0.220 e. The minimum absolute atomic E-state index is 0.127. The lowest BCUT2D eigenvalue weighted by molar-refractivity contribution is -0.121. The van der Waals surface area contributed by atoms with Gasteiger partial charge in [-0.25, -0.2) is 0 Å². The molecule has 17 heavy (non-hydrogen) atoms. The predicted molar refractivity (Wildman–Crippen MR) is 70.7 cm³/mol. The van der Waals surface area contributed by atoms with Crippen molar-refractivity contribution in [2.24, 2.45) is 5.73 Å². The molecular formula is C14H22N2O. The monoisotopic (exact) mass is 234 g/mol. The molecule has 0 heterocycles. The summed E-state index contributed by atoms with van der Waals surface area (Å²) in [7, 11) is 0. The van der Waals surface area contributed by atoms with Crippen LogP contribution in [-0.4, -0.2) is 18.5 Å². The van der Waals surface area contributed by atoms with Crippen LogP contribution < -0.4 is 11.1 Å². The number of hydrogen-bond donors (Lipinski definition) is 2. The van der Waals surface area contributed by atoms with Crippen molar-refractivity contribution in [2.45, 2.75) is 38.6 Å². The summed E-state index contributed by atoms with van der Waals surface area (Å²) in [6.45, 7) is 2.70. The Morgan fingerprint density at radius 3 is 2.65 bits per heavy atom. The highest BCUT2D eigenvalue weighted by molar-refractivity contribution is 5.76. The van der Waals surface area contributed by atoms with Crippen LogP contribution in [0.4, 0.5) is 0 Å². The molecule has 94 valence electrons. The second kappa shape index (κ2) is 7.85. The highest BCUT2D eigenvalue weighted by atomic mass is 16.1. The van der Waals surface area contributed by atoms with Crippen LogP contribution in [0.25, 0.3) is 0 Å². The van der Waals surface area contributed by atoms with Gasteiger partial charge >= 0.3 is 0 Å². The van der Waals surface area contributed by atoms with Crippen molar-refractivity contribution in [1.82, 2.24) is 5.32 Å². The molecule has 0 saturated heterocycles. The molecule has 1 rings (SSSR count). The second-order valence-corrected chi connectivity index (χ2v) is 4.40. The quantitative estimate of drug-likeness (QED) is 0.708. The lowest BCUT2D eigenvalue weighted by atomic mass is 10.1. The molecule has 3 N–H and O–H groups in total. The number of amides is 1. The zero-order valence-corrected chi connectivity index (χ0v) is 10.5. The molecule has 1 atom stereocenters. The third-order valence-corrected chi connectivity index (χ3v) is 2.65. The van der Waals surface area contributed by atoms with Crippen LogP contribution in [0.5, 0.6) is 0 Å². The van der Waals surface area contributed by atoms with E-state index in [1.165, 1.54) is 5.56 Å². The molecule has 3 nitrogen and oxygen atoms in total. The number of nitrogens with one attached hydrogen (secondary N) is 1. The van der Waals surface area contributed by atoms with Crippen LogP contribution in [0.3, 0.4) is 0 Å². The molecule has 3 heteroatoms. The number of benzene rings is 1. The van der Waals surface area contributed by atoms with Crippen molar-refractivity contribution >= 4 is 5.91 Å². The van der Waals surface area contributed by atoms with E-state index in [1.54, 1.807) is 0 Å². The summed E-state index contributed by atoms with van der Waals surface area (Å²) in [4.78, 5) is 11.6. The van der Waals surface area contributed by atoms with Gasteiger partial charge in [0.15, 0.2) is 0 Å². The maximum atomic E-state index is 11.6. The topological polar surface area (TPSA) is 55.1 Å². The molecule has 1 aromatic rings. The highest BCUT2D eigenvalue weighted by Gasteiger charge is 2.07. The molecule has 0 aliphatic rings. The Bertz CT molecular complexity index is 324. The van der Waals surface area contributed by atoms with Crippen molar-refractivity contribution in [3.05, 3.63) is 35.9 Å². The van der Waals surface area contributed by atoms with E-state index < -0.39 is 0 Å². The molecule has 1 amide bonds. The van der Waals surface area contributed by atoms with E-state index in [4.69, 9.17) is 5.73 Å². The Balaban J connectivity index is 2.25. The maximum Gasteiger partial charge on any atom is 0.220 e. The Hall–Kier alpha value is -1.35. The number of hydrogen-bond acceptors (Lipinski definition) is 2. The molecule has 1 aromatic carbocycles. The van der Waals surface area contributed by atoms with E-state index >= 15 is 0 Å². The zero-order chi connectivity index (χ0) is 12.5. The standard InChI is InChI=1S/C14H22N2O/c1-12(11-13-7-3-2-4-8-13)16-14(17)9-5-6-10-15/h2-4,7-8,12H,5-6,9-11,15H2,1H3,(H,16,17). The molecule has 0 saturated carbocycles. The Morgan fingerprint density at radius 1 is 1.29 bits per heavy atom. The van der Waals surface area contributed by atoms with Gasteiger partial charge in [-0.15, -0.1) is 0 Å². The van der Waals surface area contributed by atoms with Crippen molar-refractivity contribution in [3.63, 3.8) is 0 Å².